The number of Topliss-reactive ketones (excluding diaryl/α,β-unsaturated/α-hetero) is 1. The molecule has 0 amide bonds. The van der Waals surface area contributed by atoms with Crippen molar-refractivity contribution in [3.05, 3.63) is 31.6 Å². The van der Waals surface area contributed by atoms with E-state index in [-0.39, 0.29) is 16.7 Å². The Morgan fingerprint density at radius 2 is 2.15 bits per heavy atom. The molecule has 0 saturated heterocycles. The molecule has 70 valence electrons. The fourth-order valence-electron chi connectivity index (χ4n) is 0.849. The second-order valence-electron chi connectivity index (χ2n) is 2.27. The van der Waals surface area contributed by atoms with Gasteiger partial charge in [0.2, 0.25) is 0 Å². The average Bonchev–Trinajstić information content (AvgIpc) is 2.12. The first-order chi connectivity index (χ1) is 6.07. The van der Waals surface area contributed by atoms with Crippen LogP contribution in [0.3, 0.4) is 0 Å². The summed E-state index contributed by atoms with van der Waals surface area (Å²) >= 11 is 8.19. The van der Waals surface area contributed by atoms with E-state index in [4.69, 9.17) is 0 Å². The fraction of sp³-hybridized carbons (Fsp3) is 0.125. The molecule has 0 aliphatic rings. The van der Waals surface area contributed by atoms with Crippen molar-refractivity contribution < 1.29 is 9.18 Å². The van der Waals surface area contributed by atoms with Gasteiger partial charge in [0.25, 0.3) is 0 Å². The third kappa shape index (κ3) is 2.50. The summed E-state index contributed by atoms with van der Waals surface area (Å²) in [5.41, 5.74) is 0.145. The lowest BCUT2D eigenvalue weighted by atomic mass is 10.1. The van der Waals surface area contributed by atoms with Crippen LogP contribution in [0.1, 0.15) is 10.4 Å². The molecular weight excluding hydrogens is 418 g/mol. The second-order valence-corrected chi connectivity index (χ2v) is 4.77. The maximum absolute atomic E-state index is 13.2. The molecule has 0 radical (unpaired) electrons. The minimum Gasteiger partial charge on any atom is -0.293 e. The van der Waals surface area contributed by atoms with Crippen LogP contribution in [0.2, 0.25) is 0 Å². The minimum atomic E-state index is -0.475. The maximum atomic E-state index is 13.2. The molecule has 0 aliphatic carbocycles. The topological polar surface area (TPSA) is 17.1 Å². The number of hydrogen-bond donors (Lipinski definition) is 0. The molecule has 1 aromatic carbocycles. The lowest BCUT2D eigenvalue weighted by Crippen LogP contribution is -2.06. The van der Waals surface area contributed by atoms with E-state index in [0.717, 1.165) is 4.47 Å². The van der Waals surface area contributed by atoms with E-state index in [0.29, 0.717) is 3.57 Å². The predicted octanol–water partition coefficient (Wildman–Crippen LogP) is 3.77. The van der Waals surface area contributed by atoms with Crippen molar-refractivity contribution in [2.24, 2.45) is 0 Å². The molecule has 0 saturated carbocycles. The van der Waals surface area contributed by atoms with E-state index in [9.17, 15) is 9.18 Å². The largest absolute Gasteiger partial charge is 0.293 e. The van der Waals surface area contributed by atoms with Crippen LogP contribution in [-0.2, 0) is 0 Å². The number of rotatable bonds is 2. The molecule has 0 bridgehead atoms. The summed E-state index contributed by atoms with van der Waals surface area (Å²) in [4.78, 5) is 11.3. The van der Waals surface area contributed by atoms with Crippen molar-refractivity contribution in [1.29, 1.82) is 0 Å². The summed E-state index contributed by atoms with van der Waals surface area (Å²) < 4.78 is 14.5. The summed E-state index contributed by atoms with van der Waals surface area (Å²) in [7, 11) is 0. The van der Waals surface area contributed by atoms with Gasteiger partial charge < -0.3 is 0 Å². The van der Waals surface area contributed by atoms with Gasteiger partial charge in [-0.05, 0) is 50.7 Å². The molecule has 0 heterocycles. The summed E-state index contributed by atoms with van der Waals surface area (Å²) in [5, 5.41) is 0.135. The molecule has 1 nitrogen and oxygen atoms in total. The quantitative estimate of drug-likeness (QED) is 0.307. The fourth-order valence-corrected chi connectivity index (χ4v) is 2.20. The van der Waals surface area contributed by atoms with Gasteiger partial charge >= 0.3 is 0 Å². The smallest absolute Gasteiger partial charge is 0.177 e. The van der Waals surface area contributed by atoms with Gasteiger partial charge in [0.05, 0.1) is 10.9 Å². The third-order valence-electron chi connectivity index (χ3n) is 1.44. The highest BCUT2D eigenvalue weighted by Crippen LogP contribution is 2.25. The molecule has 5 heteroatoms. The highest BCUT2D eigenvalue weighted by molar-refractivity contribution is 14.1. The summed E-state index contributed by atoms with van der Waals surface area (Å²) in [6.07, 6.45) is 0. The van der Waals surface area contributed by atoms with E-state index in [1.165, 1.54) is 6.07 Å². The summed E-state index contributed by atoms with van der Waals surface area (Å²) in [5.74, 6) is -0.722. The van der Waals surface area contributed by atoms with Crippen molar-refractivity contribution in [3.8, 4) is 0 Å². The van der Waals surface area contributed by atoms with Gasteiger partial charge in [0.1, 0.15) is 5.82 Å². The molecule has 0 fully saturated rings. The molecule has 0 spiro atoms. The van der Waals surface area contributed by atoms with Crippen LogP contribution in [-0.4, -0.2) is 11.1 Å². The molecule has 13 heavy (non-hydrogen) atoms. The number of alkyl halides is 1. The number of carbonyl (C=O) groups is 1. The number of ketones is 1. The Morgan fingerprint density at radius 1 is 1.54 bits per heavy atom. The Balaban J connectivity index is 3.33. The van der Waals surface area contributed by atoms with E-state index in [1.807, 2.05) is 22.6 Å². The molecule has 0 N–H and O–H groups in total. The monoisotopic (exact) mass is 420 g/mol. The van der Waals surface area contributed by atoms with Crippen molar-refractivity contribution >= 4 is 60.2 Å². The van der Waals surface area contributed by atoms with Crippen LogP contribution < -0.4 is 0 Å². The Hall–Kier alpha value is 0.510. The highest BCUT2D eigenvalue weighted by atomic mass is 127. The molecule has 1 rings (SSSR count). The van der Waals surface area contributed by atoms with Crippen molar-refractivity contribution in [3.63, 3.8) is 0 Å². The van der Waals surface area contributed by atoms with Gasteiger partial charge in [-0.3, -0.25) is 4.79 Å². The van der Waals surface area contributed by atoms with Crippen LogP contribution in [0.25, 0.3) is 0 Å². The van der Waals surface area contributed by atoms with Crippen molar-refractivity contribution in [2.75, 3.05) is 5.33 Å². The van der Waals surface area contributed by atoms with Gasteiger partial charge in [-0.1, -0.05) is 15.9 Å². The maximum Gasteiger partial charge on any atom is 0.177 e. The molecular formula is C8H4Br2FIO. The van der Waals surface area contributed by atoms with Crippen LogP contribution >= 0.6 is 54.5 Å². The lowest BCUT2D eigenvalue weighted by molar-refractivity contribution is 0.101. The molecule has 0 aromatic heterocycles. The van der Waals surface area contributed by atoms with E-state index in [1.54, 1.807) is 6.07 Å². The van der Waals surface area contributed by atoms with Gasteiger partial charge in [-0.15, -0.1) is 0 Å². The molecule has 1 aromatic rings. The van der Waals surface area contributed by atoms with Crippen LogP contribution in [0.5, 0.6) is 0 Å². The zero-order valence-electron chi connectivity index (χ0n) is 6.28. The van der Waals surface area contributed by atoms with Gasteiger partial charge in [0.15, 0.2) is 5.78 Å². The zero-order chi connectivity index (χ0) is 10.0. The van der Waals surface area contributed by atoms with Crippen LogP contribution in [0.4, 0.5) is 4.39 Å². The SMILES string of the molecule is O=C(CBr)c1c(F)ccc(Br)c1I. The summed E-state index contributed by atoms with van der Waals surface area (Å²) in [6, 6.07) is 2.87. The number of hydrogen-bond acceptors (Lipinski definition) is 1. The minimum absolute atomic E-state index is 0.135. The molecule has 0 atom stereocenters. The number of benzene rings is 1. The first kappa shape index (κ1) is 11.6. The Kier molecular flexibility index (Phi) is 4.31. The Labute approximate surface area is 105 Å². The van der Waals surface area contributed by atoms with Crippen LogP contribution in [0, 0.1) is 9.39 Å². The van der Waals surface area contributed by atoms with Crippen molar-refractivity contribution in [1.82, 2.24) is 0 Å². The number of halogens is 4. The highest BCUT2D eigenvalue weighted by Gasteiger charge is 2.16. The Bertz CT molecular complexity index is 354. The normalized spacial score (nSPS) is 10.2. The first-order valence-corrected chi connectivity index (χ1v) is 6.30. The summed E-state index contributed by atoms with van der Waals surface area (Å²) in [6.45, 7) is 0. The first-order valence-electron chi connectivity index (χ1n) is 3.30. The van der Waals surface area contributed by atoms with E-state index in [2.05, 4.69) is 31.9 Å². The van der Waals surface area contributed by atoms with Gasteiger partial charge in [0, 0.05) is 8.04 Å². The second kappa shape index (κ2) is 4.84. The van der Waals surface area contributed by atoms with Crippen LogP contribution in [0.15, 0.2) is 16.6 Å². The van der Waals surface area contributed by atoms with Gasteiger partial charge in [-0.25, -0.2) is 4.39 Å². The van der Waals surface area contributed by atoms with E-state index >= 15 is 0 Å². The average molecular weight is 422 g/mol. The Morgan fingerprint density at radius 3 is 2.69 bits per heavy atom. The lowest BCUT2D eigenvalue weighted by Gasteiger charge is -2.04. The number of carbonyl (C=O) groups excluding carboxylic acids is 1. The zero-order valence-corrected chi connectivity index (χ0v) is 11.6. The molecule has 0 aliphatic heterocycles. The molecule has 0 unspecified atom stereocenters. The third-order valence-corrected chi connectivity index (χ3v) is 4.48. The standard InChI is InChI=1S/C8H4Br2FIO/c9-3-6(13)7-5(11)2-1-4(10)8(7)12/h1-2H,3H2. The van der Waals surface area contributed by atoms with Crippen molar-refractivity contribution in [2.45, 2.75) is 0 Å². The van der Waals surface area contributed by atoms with Gasteiger partial charge in [-0.2, -0.15) is 0 Å². The van der Waals surface area contributed by atoms with E-state index < -0.39 is 5.82 Å². The predicted molar refractivity (Wildman–Crippen MR) is 64.9 cm³/mol.